The third-order valence-corrected chi connectivity index (χ3v) is 3.62. The van der Waals surface area contributed by atoms with Crippen LogP contribution >= 0.6 is 0 Å². The van der Waals surface area contributed by atoms with Gasteiger partial charge < -0.3 is 10.6 Å². The summed E-state index contributed by atoms with van der Waals surface area (Å²) in [6, 6.07) is 13.3. The van der Waals surface area contributed by atoms with Gasteiger partial charge in [0.25, 0.3) is 0 Å². The van der Waals surface area contributed by atoms with Gasteiger partial charge in [-0.1, -0.05) is 30.3 Å². The highest BCUT2D eigenvalue weighted by Crippen LogP contribution is 2.22. The molecule has 4 nitrogen and oxygen atoms in total. The van der Waals surface area contributed by atoms with Crippen LogP contribution in [0.25, 0.3) is 0 Å². The molecule has 1 amide bonds. The molecule has 102 valence electrons. The number of carbonyl (C=O) groups is 1. The van der Waals surface area contributed by atoms with E-state index in [4.69, 9.17) is 5.73 Å². The molecule has 2 aromatic rings. The van der Waals surface area contributed by atoms with Crippen molar-refractivity contribution in [2.45, 2.75) is 25.6 Å². The van der Waals surface area contributed by atoms with Gasteiger partial charge in [0.2, 0.25) is 5.91 Å². The van der Waals surface area contributed by atoms with Gasteiger partial charge >= 0.3 is 0 Å². The van der Waals surface area contributed by atoms with Gasteiger partial charge in [-0.3, -0.25) is 9.78 Å². The van der Waals surface area contributed by atoms with Gasteiger partial charge in [-0.05, 0) is 23.3 Å². The first-order chi connectivity index (χ1) is 9.74. The molecule has 1 aromatic heterocycles. The van der Waals surface area contributed by atoms with Crippen molar-refractivity contribution in [2.24, 2.45) is 5.73 Å². The maximum Gasteiger partial charge on any atom is 0.240 e. The van der Waals surface area contributed by atoms with Gasteiger partial charge in [0.05, 0.1) is 6.04 Å². The van der Waals surface area contributed by atoms with E-state index in [1.165, 1.54) is 11.1 Å². The molecule has 3 rings (SSSR count). The standard InChI is InChI=1S/C16H17N3O/c17-15(9-14-7-3-4-8-18-14)16(20)19-10-12-5-1-2-6-13(12)11-19/h1-8,15H,9-11,17H2. The Morgan fingerprint density at radius 3 is 2.40 bits per heavy atom. The zero-order valence-corrected chi connectivity index (χ0v) is 11.2. The molecule has 4 heteroatoms. The number of pyridine rings is 1. The van der Waals surface area contributed by atoms with E-state index in [0.29, 0.717) is 19.5 Å². The van der Waals surface area contributed by atoms with E-state index in [1.54, 1.807) is 6.20 Å². The Labute approximate surface area is 118 Å². The van der Waals surface area contributed by atoms with E-state index in [-0.39, 0.29) is 5.91 Å². The van der Waals surface area contributed by atoms with Gasteiger partial charge in [-0.25, -0.2) is 0 Å². The highest BCUT2D eigenvalue weighted by Gasteiger charge is 2.27. The first kappa shape index (κ1) is 12.8. The van der Waals surface area contributed by atoms with Gasteiger partial charge in [0, 0.05) is 31.4 Å². The lowest BCUT2D eigenvalue weighted by molar-refractivity contribution is -0.133. The van der Waals surface area contributed by atoms with Crippen molar-refractivity contribution >= 4 is 5.91 Å². The van der Waals surface area contributed by atoms with E-state index < -0.39 is 6.04 Å². The summed E-state index contributed by atoms with van der Waals surface area (Å²) in [5.41, 5.74) is 9.31. The molecule has 0 saturated heterocycles. The minimum Gasteiger partial charge on any atom is -0.333 e. The van der Waals surface area contributed by atoms with Crippen LogP contribution in [0.5, 0.6) is 0 Å². The lowest BCUT2D eigenvalue weighted by atomic mass is 10.1. The van der Waals surface area contributed by atoms with Crippen LogP contribution in [0.3, 0.4) is 0 Å². The van der Waals surface area contributed by atoms with Crippen molar-refractivity contribution in [1.29, 1.82) is 0 Å². The number of benzene rings is 1. The number of rotatable bonds is 3. The van der Waals surface area contributed by atoms with Crippen molar-refractivity contribution in [2.75, 3.05) is 0 Å². The third-order valence-electron chi connectivity index (χ3n) is 3.62. The van der Waals surface area contributed by atoms with Crippen LogP contribution in [0, 0.1) is 0 Å². The van der Waals surface area contributed by atoms with Gasteiger partial charge in [0.1, 0.15) is 0 Å². The Kier molecular flexibility index (Phi) is 3.48. The molecule has 1 atom stereocenters. The third kappa shape index (κ3) is 2.56. The molecule has 0 spiro atoms. The van der Waals surface area contributed by atoms with E-state index in [9.17, 15) is 4.79 Å². The number of hydrogen-bond donors (Lipinski definition) is 1. The molecule has 1 aromatic carbocycles. The zero-order valence-electron chi connectivity index (χ0n) is 11.2. The summed E-state index contributed by atoms with van der Waals surface area (Å²) in [7, 11) is 0. The van der Waals surface area contributed by atoms with Gasteiger partial charge in [-0.2, -0.15) is 0 Å². The second-order valence-corrected chi connectivity index (χ2v) is 5.09. The molecule has 20 heavy (non-hydrogen) atoms. The molecule has 0 aliphatic carbocycles. The summed E-state index contributed by atoms with van der Waals surface area (Å²) < 4.78 is 0. The number of fused-ring (bicyclic) bond motifs is 1. The van der Waals surface area contributed by atoms with Crippen LogP contribution in [-0.2, 0) is 24.3 Å². The number of nitrogens with zero attached hydrogens (tertiary/aromatic N) is 2. The Bertz CT molecular complexity index is 587. The molecular weight excluding hydrogens is 250 g/mol. The fourth-order valence-electron chi connectivity index (χ4n) is 2.55. The molecule has 0 bridgehead atoms. The van der Waals surface area contributed by atoms with E-state index in [0.717, 1.165) is 5.69 Å². The van der Waals surface area contributed by atoms with Crippen molar-refractivity contribution in [1.82, 2.24) is 9.88 Å². The molecule has 1 aliphatic rings. The highest BCUT2D eigenvalue weighted by molar-refractivity contribution is 5.82. The first-order valence-corrected chi connectivity index (χ1v) is 6.75. The molecule has 2 heterocycles. The predicted molar refractivity (Wildman–Crippen MR) is 76.6 cm³/mol. The lowest BCUT2D eigenvalue weighted by Crippen LogP contribution is -2.42. The monoisotopic (exact) mass is 267 g/mol. The second-order valence-electron chi connectivity index (χ2n) is 5.09. The number of carbonyl (C=O) groups excluding carboxylic acids is 1. The molecule has 0 radical (unpaired) electrons. The first-order valence-electron chi connectivity index (χ1n) is 6.75. The zero-order chi connectivity index (χ0) is 13.9. The maximum atomic E-state index is 12.4. The molecule has 2 N–H and O–H groups in total. The van der Waals surface area contributed by atoms with Crippen molar-refractivity contribution in [3.63, 3.8) is 0 Å². The summed E-state index contributed by atoms with van der Waals surface area (Å²) in [6.45, 7) is 1.32. The summed E-state index contributed by atoms with van der Waals surface area (Å²) >= 11 is 0. The summed E-state index contributed by atoms with van der Waals surface area (Å²) in [5.74, 6) is -0.00754. The van der Waals surface area contributed by atoms with Crippen LogP contribution in [0.15, 0.2) is 48.7 Å². The number of aromatic nitrogens is 1. The smallest absolute Gasteiger partial charge is 0.240 e. The quantitative estimate of drug-likeness (QED) is 0.916. The van der Waals surface area contributed by atoms with Gasteiger partial charge in [0.15, 0.2) is 0 Å². The van der Waals surface area contributed by atoms with Crippen LogP contribution < -0.4 is 5.73 Å². The minimum absolute atomic E-state index is 0.00754. The summed E-state index contributed by atoms with van der Waals surface area (Å²) in [5, 5.41) is 0. The maximum absolute atomic E-state index is 12.4. The Hall–Kier alpha value is -2.20. The molecule has 0 saturated carbocycles. The molecule has 0 fully saturated rings. The normalized spacial score (nSPS) is 14.9. The SMILES string of the molecule is NC(Cc1ccccn1)C(=O)N1Cc2ccccc2C1. The molecule has 1 aliphatic heterocycles. The topological polar surface area (TPSA) is 59.2 Å². The van der Waals surface area contributed by atoms with Crippen LogP contribution in [0.2, 0.25) is 0 Å². The second kappa shape index (κ2) is 5.43. The van der Waals surface area contributed by atoms with Crippen LogP contribution in [-0.4, -0.2) is 21.8 Å². The van der Waals surface area contributed by atoms with E-state index in [2.05, 4.69) is 17.1 Å². The predicted octanol–water partition coefficient (Wildman–Crippen LogP) is 1.49. The van der Waals surface area contributed by atoms with E-state index in [1.807, 2.05) is 35.2 Å². The summed E-state index contributed by atoms with van der Waals surface area (Å²) in [6.07, 6.45) is 2.20. The molecule has 1 unspecified atom stereocenters. The van der Waals surface area contributed by atoms with Gasteiger partial charge in [-0.15, -0.1) is 0 Å². The number of nitrogens with two attached hydrogens (primary N) is 1. The van der Waals surface area contributed by atoms with Crippen LogP contribution in [0.1, 0.15) is 16.8 Å². The number of hydrogen-bond acceptors (Lipinski definition) is 3. The lowest BCUT2D eigenvalue weighted by Gasteiger charge is -2.20. The Balaban J connectivity index is 1.66. The summed E-state index contributed by atoms with van der Waals surface area (Å²) in [4.78, 5) is 18.4. The minimum atomic E-state index is -0.529. The van der Waals surface area contributed by atoms with Crippen molar-refractivity contribution in [3.8, 4) is 0 Å². The highest BCUT2D eigenvalue weighted by atomic mass is 16.2. The van der Waals surface area contributed by atoms with E-state index >= 15 is 0 Å². The average Bonchev–Trinajstić information content (AvgIpc) is 2.91. The Morgan fingerprint density at radius 2 is 1.80 bits per heavy atom. The average molecular weight is 267 g/mol. The molecular formula is C16H17N3O. The van der Waals surface area contributed by atoms with Crippen molar-refractivity contribution < 1.29 is 4.79 Å². The Morgan fingerprint density at radius 1 is 1.15 bits per heavy atom. The van der Waals surface area contributed by atoms with Crippen LogP contribution in [0.4, 0.5) is 0 Å². The fraction of sp³-hybridized carbons (Fsp3) is 0.250. The fourth-order valence-corrected chi connectivity index (χ4v) is 2.55. The largest absolute Gasteiger partial charge is 0.333 e. The van der Waals surface area contributed by atoms with Crippen molar-refractivity contribution in [3.05, 3.63) is 65.5 Å². The number of amides is 1.